The summed E-state index contributed by atoms with van der Waals surface area (Å²) < 4.78 is 5.77. The first-order valence-corrected chi connectivity index (χ1v) is 10.3. The Bertz CT molecular complexity index is 478. The van der Waals surface area contributed by atoms with Crippen LogP contribution < -0.4 is 5.73 Å². The zero-order valence-corrected chi connectivity index (χ0v) is 18.9. The smallest absolute Gasteiger partial charge is 0.243 e. The van der Waals surface area contributed by atoms with Crippen molar-refractivity contribution < 1.29 is 9.53 Å². The third kappa shape index (κ3) is 4.92. The summed E-state index contributed by atoms with van der Waals surface area (Å²) in [6.07, 6.45) is 7.73. The molecule has 3 rings (SSSR count). The van der Waals surface area contributed by atoms with E-state index in [0.717, 1.165) is 32.1 Å². The highest BCUT2D eigenvalue weighted by atomic mass is 35.5. The van der Waals surface area contributed by atoms with Gasteiger partial charge < -0.3 is 15.4 Å². The predicted molar refractivity (Wildman–Crippen MR) is 115 cm³/mol. The first-order valence-electron chi connectivity index (χ1n) is 10.3. The van der Waals surface area contributed by atoms with E-state index in [-0.39, 0.29) is 42.2 Å². The number of amides is 1. The molecule has 1 aliphatic heterocycles. The van der Waals surface area contributed by atoms with Crippen LogP contribution in [0, 0.1) is 11.3 Å². The Labute approximate surface area is 177 Å². The van der Waals surface area contributed by atoms with E-state index in [2.05, 4.69) is 18.7 Å². The average molecular weight is 424 g/mol. The van der Waals surface area contributed by atoms with Crippen LogP contribution >= 0.6 is 24.8 Å². The predicted octanol–water partition coefficient (Wildman–Crippen LogP) is 3.09. The number of carbonyl (C=O) groups is 1. The van der Waals surface area contributed by atoms with Crippen molar-refractivity contribution in [2.75, 3.05) is 39.3 Å². The van der Waals surface area contributed by atoms with Gasteiger partial charge in [0, 0.05) is 51.2 Å². The minimum atomic E-state index is -0.765. The summed E-state index contributed by atoms with van der Waals surface area (Å²) in [4.78, 5) is 17.6. The van der Waals surface area contributed by atoms with Crippen LogP contribution in [0.3, 0.4) is 0 Å². The monoisotopic (exact) mass is 423 g/mol. The largest absolute Gasteiger partial charge is 0.378 e. The molecule has 2 N–H and O–H groups in total. The number of carbonyl (C=O) groups excluding carboxylic acids is 1. The van der Waals surface area contributed by atoms with Gasteiger partial charge in [-0.1, -0.05) is 33.1 Å². The van der Waals surface area contributed by atoms with Gasteiger partial charge >= 0.3 is 0 Å². The van der Waals surface area contributed by atoms with Gasteiger partial charge in [0.05, 0.1) is 6.10 Å². The van der Waals surface area contributed by atoms with Gasteiger partial charge in [-0.25, -0.2) is 0 Å². The first-order chi connectivity index (χ1) is 11.9. The minimum Gasteiger partial charge on any atom is -0.378 e. The van der Waals surface area contributed by atoms with Crippen molar-refractivity contribution in [3.05, 3.63) is 0 Å². The molecule has 1 saturated heterocycles. The fourth-order valence-electron chi connectivity index (χ4n) is 4.95. The van der Waals surface area contributed by atoms with Crippen LogP contribution in [0.4, 0.5) is 0 Å². The van der Waals surface area contributed by atoms with Crippen molar-refractivity contribution in [3.8, 4) is 0 Å². The number of halogens is 2. The Morgan fingerprint density at radius 1 is 1.07 bits per heavy atom. The Kier molecular flexibility index (Phi) is 9.35. The average Bonchev–Trinajstić information content (AvgIpc) is 2.62. The molecule has 27 heavy (non-hydrogen) atoms. The Hall–Kier alpha value is -0.0700. The zero-order chi connectivity index (χ0) is 18.1. The summed E-state index contributed by atoms with van der Waals surface area (Å²) in [5.74, 6) is 1.00. The fourth-order valence-corrected chi connectivity index (χ4v) is 4.95. The highest BCUT2D eigenvalue weighted by Gasteiger charge is 2.63. The van der Waals surface area contributed by atoms with Crippen LogP contribution in [0.15, 0.2) is 0 Å². The lowest BCUT2D eigenvalue weighted by Gasteiger charge is -2.59. The van der Waals surface area contributed by atoms with E-state index >= 15 is 0 Å². The summed E-state index contributed by atoms with van der Waals surface area (Å²) in [5, 5.41) is 0. The van der Waals surface area contributed by atoms with E-state index < -0.39 is 5.54 Å². The van der Waals surface area contributed by atoms with Gasteiger partial charge in [-0.2, -0.15) is 0 Å². The second kappa shape index (κ2) is 10.1. The number of hydrogen-bond acceptors (Lipinski definition) is 4. The van der Waals surface area contributed by atoms with Crippen molar-refractivity contribution in [3.63, 3.8) is 0 Å². The van der Waals surface area contributed by atoms with Crippen LogP contribution in [0.25, 0.3) is 0 Å². The molecule has 0 aromatic heterocycles. The molecule has 3 fully saturated rings. The molecule has 0 bridgehead atoms. The van der Waals surface area contributed by atoms with Crippen molar-refractivity contribution >= 4 is 30.7 Å². The van der Waals surface area contributed by atoms with E-state index in [1.807, 2.05) is 11.8 Å². The zero-order valence-electron chi connectivity index (χ0n) is 17.2. The van der Waals surface area contributed by atoms with Crippen LogP contribution in [0.2, 0.25) is 0 Å². The SMILES string of the molecule is CCOC1CC(N)(C(=O)N2CCN(CC3CCCCC3)CC2)C1(C)C.Cl.Cl. The topological polar surface area (TPSA) is 58.8 Å². The van der Waals surface area contributed by atoms with Crippen LogP contribution in [-0.4, -0.2) is 66.7 Å². The van der Waals surface area contributed by atoms with Gasteiger partial charge in [-0.05, 0) is 25.7 Å². The standard InChI is InChI=1S/C20H37N3O2.2ClH/c1-4-25-17-14-20(21,19(17,2)3)18(24)23-12-10-22(11-13-23)15-16-8-6-5-7-9-16;;/h16-17H,4-15,21H2,1-3H3;2*1H. The van der Waals surface area contributed by atoms with E-state index in [0.29, 0.717) is 13.0 Å². The lowest BCUT2D eigenvalue weighted by Crippen LogP contribution is -2.76. The number of rotatable bonds is 5. The van der Waals surface area contributed by atoms with Crippen LogP contribution in [0.5, 0.6) is 0 Å². The van der Waals surface area contributed by atoms with Gasteiger partial charge in [0.25, 0.3) is 0 Å². The number of ether oxygens (including phenoxy) is 1. The second-order valence-electron chi connectivity index (χ2n) is 8.94. The highest BCUT2D eigenvalue weighted by Crippen LogP contribution is 2.50. The van der Waals surface area contributed by atoms with Crippen LogP contribution in [-0.2, 0) is 9.53 Å². The number of piperazine rings is 1. The molecule has 2 unspecified atom stereocenters. The third-order valence-electron chi connectivity index (χ3n) is 7.11. The first kappa shape index (κ1) is 25.0. The lowest BCUT2D eigenvalue weighted by atomic mass is 9.54. The molecule has 2 atom stereocenters. The van der Waals surface area contributed by atoms with Gasteiger partial charge in [-0.3, -0.25) is 9.69 Å². The Morgan fingerprint density at radius 3 is 2.19 bits per heavy atom. The molecular formula is C20H39Cl2N3O2. The molecular weight excluding hydrogens is 385 g/mol. The van der Waals surface area contributed by atoms with Crippen molar-refractivity contribution in [2.24, 2.45) is 17.1 Å². The molecule has 2 saturated carbocycles. The second-order valence-corrected chi connectivity index (χ2v) is 8.94. The maximum Gasteiger partial charge on any atom is 0.243 e. The molecule has 0 aromatic rings. The molecule has 2 aliphatic carbocycles. The molecule has 7 heteroatoms. The van der Waals surface area contributed by atoms with Gasteiger partial charge in [0.15, 0.2) is 0 Å². The number of hydrogen-bond donors (Lipinski definition) is 1. The van der Waals surface area contributed by atoms with Gasteiger partial charge in [0.2, 0.25) is 5.91 Å². The van der Waals surface area contributed by atoms with Crippen molar-refractivity contribution in [1.82, 2.24) is 9.80 Å². The van der Waals surface area contributed by atoms with Crippen LogP contribution in [0.1, 0.15) is 59.3 Å². The maximum atomic E-state index is 13.1. The minimum absolute atomic E-state index is 0. The van der Waals surface area contributed by atoms with Gasteiger partial charge in [0.1, 0.15) is 5.54 Å². The highest BCUT2D eigenvalue weighted by molar-refractivity contribution is 5.89. The Balaban J connectivity index is 0.00000182. The molecule has 160 valence electrons. The van der Waals surface area contributed by atoms with E-state index in [1.54, 1.807) is 0 Å². The molecule has 0 aromatic carbocycles. The summed E-state index contributed by atoms with van der Waals surface area (Å²) in [6.45, 7) is 11.7. The summed E-state index contributed by atoms with van der Waals surface area (Å²) in [7, 11) is 0. The summed E-state index contributed by atoms with van der Waals surface area (Å²) >= 11 is 0. The molecule has 3 aliphatic rings. The maximum absolute atomic E-state index is 13.1. The lowest BCUT2D eigenvalue weighted by molar-refractivity contribution is -0.180. The van der Waals surface area contributed by atoms with E-state index in [4.69, 9.17) is 10.5 Å². The summed E-state index contributed by atoms with van der Waals surface area (Å²) in [5.41, 5.74) is 5.52. The number of nitrogens with zero attached hydrogens (tertiary/aromatic N) is 2. The molecule has 1 heterocycles. The molecule has 0 spiro atoms. The normalized spacial score (nSPS) is 31.4. The summed E-state index contributed by atoms with van der Waals surface area (Å²) in [6, 6.07) is 0. The molecule has 5 nitrogen and oxygen atoms in total. The molecule has 1 amide bonds. The van der Waals surface area contributed by atoms with E-state index in [1.165, 1.54) is 38.6 Å². The fraction of sp³-hybridized carbons (Fsp3) is 0.950. The van der Waals surface area contributed by atoms with Crippen molar-refractivity contribution in [1.29, 1.82) is 0 Å². The quantitative estimate of drug-likeness (QED) is 0.737. The third-order valence-corrected chi connectivity index (χ3v) is 7.11. The Morgan fingerprint density at radius 2 is 1.67 bits per heavy atom. The number of nitrogens with two attached hydrogens (primary N) is 1. The molecule has 0 radical (unpaired) electrons. The van der Waals surface area contributed by atoms with Crippen molar-refractivity contribution in [2.45, 2.75) is 70.9 Å². The van der Waals surface area contributed by atoms with E-state index in [9.17, 15) is 4.79 Å². The van der Waals surface area contributed by atoms with Gasteiger partial charge in [-0.15, -0.1) is 24.8 Å².